The summed E-state index contributed by atoms with van der Waals surface area (Å²) < 4.78 is 56.1. The summed E-state index contributed by atoms with van der Waals surface area (Å²) in [6.07, 6.45) is -1.04. The number of thiophene rings is 1. The molecule has 2 aliphatic heterocycles. The van der Waals surface area contributed by atoms with E-state index in [-0.39, 0.29) is 32.3 Å². The lowest BCUT2D eigenvalue weighted by Gasteiger charge is -2.61. The molecular weight excluding hydrogens is 548 g/mol. The summed E-state index contributed by atoms with van der Waals surface area (Å²) in [5.74, 6) is -0.247. The van der Waals surface area contributed by atoms with Crippen molar-refractivity contribution in [3.05, 3.63) is 59.1 Å². The third kappa shape index (κ3) is 4.35. The highest BCUT2D eigenvalue weighted by molar-refractivity contribution is 7.22. The molecule has 14 heteroatoms. The summed E-state index contributed by atoms with van der Waals surface area (Å²) in [7, 11) is 0. The van der Waals surface area contributed by atoms with Gasteiger partial charge in [0.25, 0.3) is 0 Å². The van der Waals surface area contributed by atoms with E-state index < -0.39 is 17.5 Å². The molecule has 0 aliphatic carbocycles. The molecule has 4 aromatic heterocycles. The molecular formula is C26H24F4N8OS. The first-order valence-corrected chi connectivity index (χ1v) is 13.4. The lowest BCUT2D eigenvalue weighted by atomic mass is 9.72. The van der Waals surface area contributed by atoms with Crippen molar-refractivity contribution in [1.82, 2.24) is 24.8 Å². The Balaban J connectivity index is 1.22. The molecule has 2 saturated heterocycles. The Kier molecular flexibility index (Phi) is 6.22. The summed E-state index contributed by atoms with van der Waals surface area (Å²) in [4.78, 5) is 33.0. The normalized spacial score (nSPS) is 18.3. The zero-order valence-electron chi connectivity index (χ0n) is 21.5. The molecule has 0 amide bonds. The summed E-state index contributed by atoms with van der Waals surface area (Å²) in [5, 5.41) is 5.35. The lowest BCUT2D eigenvalue weighted by Crippen LogP contribution is -2.72. The van der Waals surface area contributed by atoms with Gasteiger partial charge in [0.1, 0.15) is 11.5 Å². The number of pyridine rings is 2. The number of nitrogens with zero attached hydrogens (tertiary/aromatic N) is 7. The van der Waals surface area contributed by atoms with Crippen LogP contribution in [-0.4, -0.2) is 63.7 Å². The van der Waals surface area contributed by atoms with E-state index in [2.05, 4.69) is 47.2 Å². The zero-order chi connectivity index (χ0) is 28.3. The van der Waals surface area contributed by atoms with Gasteiger partial charge in [0.15, 0.2) is 5.82 Å². The number of aromatic nitrogens is 4. The first-order chi connectivity index (χ1) is 19.0. The fourth-order valence-electron chi connectivity index (χ4n) is 5.33. The Morgan fingerprint density at radius 1 is 1.10 bits per heavy atom. The van der Waals surface area contributed by atoms with Crippen molar-refractivity contribution in [1.29, 1.82) is 0 Å². The summed E-state index contributed by atoms with van der Waals surface area (Å²) in [6.45, 7) is 8.20. The lowest BCUT2D eigenvalue weighted by molar-refractivity contribution is -0.183. The number of anilines is 3. The number of nitroso groups, excluding NO2 is 1. The summed E-state index contributed by atoms with van der Waals surface area (Å²) in [6, 6.07) is 6.25. The van der Waals surface area contributed by atoms with Gasteiger partial charge in [0.05, 0.1) is 33.2 Å². The van der Waals surface area contributed by atoms with E-state index >= 15 is 0 Å². The van der Waals surface area contributed by atoms with Crippen molar-refractivity contribution in [3.63, 3.8) is 0 Å². The minimum atomic E-state index is -4.93. The van der Waals surface area contributed by atoms with Crippen LogP contribution in [0.4, 0.5) is 35.0 Å². The predicted molar refractivity (Wildman–Crippen MR) is 144 cm³/mol. The van der Waals surface area contributed by atoms with Gasteiger partial charge in [-0.05, 0) is 42.9 Å². The number of halogens is 4. The van der Waals surface area contributed by atoms with E-state index in [0.29, 0.717) is 18.2 Å². The van der Waals surface area contributed by atoms with E-state index in [4.69, 9.17) is 0 Å². The number of likely N-dealkylation sites (tertiary alicyclic amines) is 1. The van der Waals surface area contributed by atoms with Crippen LogP contribution in [0.2, 0.25) is 0 Å². The minimum Gasteiger partial charge on any atom is -0.369 e. The van der Waals surface area contributed by atoms with Crippen molar-refractivity contribution in [2.75, 3.05) is 42.9 Å². The quantitative estimate of drug-likeness (QED) is 0.222. The monoisotopic (exact) mass is 572 g/mol. The van der Waals surface area contributed by atoms with Crippen LogP contribution in [0.15, 0.2) is 48.0 Å². The fraction of sp³-hybridized carbons (Fsp3) is 0.385. The van der Waals surface area contributed by atoms with Gasteiger partial charge < -0.3 is 15.1 Å². The van der Waals surface area contributed by atoms with Crippen molar-refractivity contribution in [3.8, 4) is 10.6 Å². The Morgan fingerprint density at radius 3 is 2.52 bits per heavy atom. The predicted octanol–water partition coefficient (Wildman–Crippen LogP) is 5.72. The molecule has 1 spiro atoms. The van der Waals surface area contributed by atoms with Crippen molar-refractivity contribution >= 4 is 39.0 Å². The number of rotatable bonds is 7. The first-order valence-electron chi connectivity index (χ1n) is 12.6. The Bertz CT molecular complexity index is 1580. The summed E-state index contributed by atoms with van der Waals surface area (Å²) >= 11 is 0.843. The van der Waals surface area contributed by atoms with Gasteiger partial charge in [-0.1, -0.05) is 6.92 Å². The highest BCUT2D eigenvalue weighted by Gasteiger charge is 2.55. The molecule has 1 unspecified atom stereocenters. The smallest absolute Gasteiger partial charge is 0.369 e. The third-order valence-corrected chi connectivity index (χ3v) is 8.78. The van der Waals surface area contributed by atoms with Crippen LogP contribution in [0, 0.1) is 16.1 Å². The maximum absolute atomic E-state index is 14.8. The molecule has 0 bridgehead atoms. The molecule has 0 radical (unpaired) electrons. The third-order valence-electron chi connectivity index (χ3n) is 7.62. The average Bonchev–Trinajstić information content (AvgIpc) is 3.32. The van der Waals surface area contributed by atoms with Crippen LogP contribution in [0.3, 0.4) is 0 Å². The number of hydrogen-bond donors (Lipinski definition) is 1. The second-order valence-corrected chi connectivity index (χ2v) is 11.5. The maximum Gasteiger partial charge on any atom is 0.421 e. The minimum absolute atomic E-state index is 0.0639. The molecule has 0 aromatic carbocycles. The van der Waals surface area contributed by atoms with Crippen LogP contribution in [0.25, 0.3) is 20.8 Å². The first kappa shape index (κ1) is 26.4. The standard InChI is InChI=1S/C26H24F4N8OS/c1-3-37-11-25(12-37)13-38(14-25)15-4-5-20(32-9-15)34-23-33-10-17(27)21(35-23)19-8-18-22(40-19)16(6-7-31-18)24(2,36-39)26(28,29)30/h4-10H,3,11-14H2,1-2H3,(H,32,33,34,35). The van der Waals surface area contributed by atoms with Gasteiger partial charge in [0, 0.05) is 43.4 Å². The van der Waals surface area contributed by atoms with Crippen molar-refractivity contribution in [2.45, 2.75) is 25.6 Å². The van der Waals surface area contributed by atoms with Crippen LogP contribution in [0.1, 0.15) is 19.4 Å². The second kappa shape index (κ2) is 9.41. The number of fused-ring (bicyclic) bond motifs is 1. The van der Waals surface area contributed by atoms with Gasteiger partial charge in [-0.15, -0.1) is 16.2 Å². The van der Waals surface area contributed by atoms with E-state index in [9.17, 15) is 22.5 Å². The van der Waals surface area contributed by atoms with Crippen LogP contribution in [0.5, 0.6) is 0 Å². The van der Waals surface area contributed by atoms with E-state index in [1.165, 1.54) is 6.07 Å². The summed E-state index contributed by atoms with van der Waals surface area (Å²) in [5.41, 5.74) is -1.90. The second-order valence-electron chi connectivity index (χ2n) is 10.4. The molecule has 1 N–H and O–H groups in total. The van der Waals surface area contributed by atoms with Gasteiger partial charge in [-0.2, -0.15) is 13.2 Å². The molecule has 6 heterocycles. The maximum atomic E-state index is 14.8. The van der Waals surface area contributed by atoms with Crippen LogP contribution < -0.4 is 10.2 Å². The molecule has 9 nitrogen and oxygen atoms in total. The average molecular weight is 573 g/mol. The molecule has 2 aliphatic rings. The number of nitrogens with one attached hydrogen (secondary N) is 1. The van der Waals surface area contributed by atoms with Crippen LogP contribution in [-0.2, 0) is 5.54 Å². The van der Waals surface area contributed by atoms with Crippen molar-refractivity contribution < 1.29 is 17.6 Å². The molecule has 1 atom stereocenters. The highest BCUT2D eigenvalue weighted by Crippen LogP contribution is 2.47. The molecule has 2 fully saturated rings. The molecule has 4 aromatic rings. The van der Waals surface area contributed by atoms with Gasteiger partial charge in [-0.3, -0.25) is 4.98 Å². The molecule has 6 rings (SSSR count). The van der Waals surface area contributed by atoms with E-state index in [1.54, 1.807) is 12.3 Å². The van der Waals surface area contributed by atoms with E-state index in [1.807, 2.05) is 6.07 Å². The number of hydrogen-bond acceptors (Lipinski definition) is 10. The van der Waals surface area contributed by atoms with Crippen LogP contribution >= 0.6 is 11.3 Å². The molecule has 0 saturated carbocycles. The number of alkyl halides is 3. The molecule has 208 valence electrons. The van der Waals surface area contributed by atoms with Gasteiger partial charge in [-0.25, -0.2) is 19.3 Å². The van der Waals surface area contributed by atoms with Gasteiger partial charge in [0.2, 0.25) is 11.5 Å². The highest BCUT2D eigenvalue weighted by atomic mass is 32.1. The topological polar surface area (TPSA) is 99.5 Å². The largest absolute Gasteiger partial charge is 0.421 e. The SMILES string of the molecule is CCN1CC2(C1)CN(c1ccc(Nc3ncc(F)c(-c4cc5nccc(C(C)(N=O)C(F)(F)F)c5s4)n3)nc1)C2. The van der Waals surface area contributed by atoms with E-state index in [0.717, 1.165) is 68.2 Å². The Hall–Kier alpha value is -3.78. The van der Waals surface area contributed by atoms with Crippen molar-refractivity contribution in [2.24, 2.45) is 10.6 Å². The zero-order valence-corrected chi connectivity index (χ0v) is 22.4. The Morgan fingerprint density at radius 2 is 1.88 bits per heavy atom. The fourth-order valence-corrected chi connectivity index (χ4v) is 6.55. The van der Waals surface area contributed by atoms with Gasteiger partial charge >= 0.3 is 6.18 Å². The molecule has 40 heavy (non-hydrogen) atoms. The Labute approximate surface area is 230 Å².